The highest BCUT2D eigenvalue weighted by Crippen LogP contribution is 2.20. The van der Waals surface area contributed by atoms with Gasteiger partial charge in [0.2, 0.25) is 0 Å². The van der Waals surface area contributed by atoms with Gasteiger partial charge >= 0.3 is 5.97 Å². The highest BCUT2D eigenvalue weighted by atomic mass is 16.5. The second-order valence-corrected chi connectivity index (χ2v) is 7.79. The molecule has 0 N–H and O–H groups in total. The second kappa shape index (κ2) is 12.6. The molecule has 0 aliphatic rings. The van der Waals surface area contributed by atoms with Gasteiger partial charge < -0.3 is 4.74 Å². The Morgan fingerprint density at radius 2 is 1.29 bits per heavy atom. The lowest BCUT2D eigenvalue weighted by molar-refractivity contribution is 0.0498. The molecule has 0 aliphatic heterocycles. The number of carbonyl (C=O) groups excluding carboxylic acids is 3. The van der Waals surface area contributed by atoms with Crippen molar-refractivity contribution >= 4 is 23.1 Å². The van der Waals surface area contributed by atoms with Crippen LogP contribution in [0.15, 0.2) is 55.1 Å². The molecule has 0 bridgehead atoms. The Morgan fingerprint density at radius 1 is 0.742 bits per heavy atom. The molecule has 0 radical (unpaired) electrons. The molecule has 31 heavy (non-hydrogen) atoms. The molecule has 0 aromatic heterocycles. The van der Waals surface area contributed by atoms with Crippen molar-refractivity contribution in [3.05, 3.63) is 77.4 Å². The van der Waals surface area contributed by atoms with Gasteiger partial charge in [0.15, 0.2) is 11.6 Å². The number of hydrogen-bond acceptors (Lipinski definition) is 4. The molecule has 0 atom stereocenters. The van der Waals surface area contributed by atoms with E-state index < -0.39 is 0 Å². The van der Waals surface area contributed by atoms with E-state index in [-0.39, 0.29) is 17.5 Å². The van der Waals surface area contributed by atoms with E-state index in [1.165, 1.54) is 6.92 Å². The monoisotopic (exact) mass is 420 g/mol. The summed E-state index contributed by atoms with van der Waals surface area (Å²) in [6.45, 7) is 8.10. The topological polar surface area (TPSA) is 60.4 Å². The van der Waals surface area contributed by atoms with Gasteiger partial charge in [-0.25, -0.2) is 4.79 Å². The molecular weight excluding hydrogens is 388 g/mol. The molecule has 2 rings (SSSR count). The van der Waals surface area contributed by atoms with Crippen LogP contribution in [0.3, 0.4) is 0 Å². The Bertz CT molecular complexity index is 892. The summed E-state index contributed by atoms with van der Waals surface area (Å²) < 4.78 is 5.31. The van der Waals surface area contributed by atoms with E-state index in [2.05, 4.69) is 13.5 Å². The van der Waals surface area contributed by atoms with Crippen molar-refractivity contribution in [3.8, 4) is 0 Å². The number of hydrogen-bond donors (Lipinski definition) is 0. The first kappa shape index (κ1) is 24.3. The van der Waals surface area contributed by atoms with Crippen molar-refractivity contribution in [3.63, 3.8) is 0 Å². The van der Waals surface area contributed by atoms with E-state index in [1.807, 2.05) is 24.3 Å². The van der Waals surface area contributed by atoms with Crippen molar-refractivity contribution in [2.45, 2.75) is 58.8 Å². The van der Waals surface area contributed by atoms with Crippen molar-refractivity contribution in [1.29, 1.82) is 0 Å². The van der Waals surface area contributed by atoms with Gasteiger partial charge in [-0.15, -0.1) is 0 Å². The fraction of sp³-hybridized carbons (Fsp3) is 0.370. The van der Waals surface area contributed by atoms with Gasteiger partial charge in [-0.2, -0.15) is 0 Å². The van der Waals surface area contributed by atoms with Crippen molar-refractivity contribution in [2.75, 3.05) is 6.61 Å². The molecule has 0 fully saturated rings. The minimum Gasteiger partial charge on any atom is -0.462 e. The Morgan fingerprint density at radius 3 is 1.90 bits per heavy atom. The maximum atomic E-state index is 12.2. The molecule has 0 spiro atoms. The van der Waals surface area contributed by atoms with Gasteiger partial charge in [-0.05, 0) is 55.9 Å². The van der Waals surface area contributed by atoms with E-state index in [0.717, 1.165) is 55.2 Å². The van der Waals surface area contributed by atoms with Crippen LogP contribution >= 0.6 is 0 Å². The van der Waals surface area contributed by atoms with Gasteiger partial charge in [0.25, 0.3) is 0 Å². The van der Waals surface area contributed by atoms with Crippen LogP contribution in [0.25, 0.3) is 5.57 Å². The summed E-state index contributed by atoms with van der Waals surface area (Å²) in [6.07, 6.45) is 6.14. The van der Waals surface area contributed by atoms with Crippen LogP contribution < -0.4 is 0 Å². The smallest absolute Gasteiger partial charge is 0.338 e. The number of allylic oxidation sites excluding steroid dienone is 1. The quantitative estimate of drug-likeness (QED) is 0.206. The SMILES string of the molecule is C=C(CCCCOC(=O)c1ccc(C(C)=O)cc1)c1ccc(C(=O)CCCCC)cc1. The van der Waals surface area contributed by atoms with Crippen molar-refractivity contribution in [2.24, 2.45) is 0 Å². The van der Waals surface area contributed by atoms with E-state index in [4.69, 9.17) is 4.74 Å². The van der Waals surface area contributed by atoms with Crippen LogP contribution in [0.4, 0.5) is 0 Å². The fourth-order valence-electron chi connectivity index (χ4n) is 3.25. The average molecular weight is 421 g/mol. The summed E-state index contributed by atoms with van der Waals surface area (Å²) in [5, 5.41) is 0. The zero-order valence-corrected chi connectivity index (χ0v) is 18.6. The fourth-order valence-corrected chi connectivity index (χ4v) is 3.25. The summed E-state index contributed by atoms with van der Waals surface area (Å²) in [6, 6.07) is 14.2. The summed E-state index contributed by atoms with van der Waals surface area (Å²) in [5.41, 5.74) is 3.82. The van der Waals surface area contributed by atoms with Crippen LogP contribution in [0.5, 0.6) is 0 Å². The lowest BCUT2D eigenvalue weighted by Crippen LogP contribution is -2.07. The molecule has 0 heterocycles. The van der Waals surface area contributed by atoms with Crippen LogP contribution in [-0.2, 0) is 4.74 Å². The van der Waals surface area contributed by atoms with Crippen molar-refractivity contribution < 1.29 is 19.1 Å². The first-order valence-electron chi connectivity index (χ1n) is 11.0. The molecule has 0 amide bonds. The minimum absolute atomic E-state index is 0.0339. The van der Waals surface area contributed by atoms with E-state index in [0.29, 0.717) is 24.2 Å². The van der Waals surface area contributed by atoms with E-state index >= 15 is 0 Å². The highest BCUT2D eigenvalue weighted by molar-refractivity contribution is 5.96. The van der Waals surface area contributed by atoms with Gasteiger partial charge in [-0.1, -0.05) is 62.7 Å². The maximum Gasteiger partial charge on any atom is 0.338 e. The molecule has 4 nitrogen and oxygen atoms in total. The Labute approximate surface area is 185 Å². The molecule has 0 saturated heterocycles. The van der Waals surface area contributed by atoms with Crippen molar-refractivity contribution in [1.82, 2.24) is 0 Å². The number of unbranched alkanes of at least 4 members (excludes halogenated alkanes) is 3. The van der Waals surface area contributed by atoms with Gasteiger partial charge in [-0.3, -0.25) is 9.59 Å². The second-order valence-electron chi connectivity index (χ2n) is 7.79. The first-order chi connectivity index (χ1) is 14.9. The Balaban J connectivity index is 1.70. The summed E-state index contributed by atoms with van der Waals surface area (Å²) in [4.78, 5) is 35.5. The lowest BCUT2D eigenvalue weighted by Gasteiger charge is -2.08. The standard InChI is InChI=1S/C27H32O4/c1-4-5-6-10-26(29)24-15-11-22(12-16-24)20(2)9-7-8-19-31-27(30)25-17-13-23(14-18-25)21(3)28/h11-18H,2,4-10,19H2,1,3H3. The molecule has 164 valence electrons. The number of esters is 1. The van der Waals surface area contributed by atoms with Crippen LogP contribution in [-0.4, -0.2) is 24.1 Å². The number of ketones is 2. The molecule has 4 heteroatoms. The highest BCUT2D eigenvalue weighted by Gasteiger charge is 2.09. The predicted octanol–water partition coefficient (Wildman–Crippen LogP) is 6.69. The number of benzene rings is 2. The normalized spacial score (nSPS) is 10.5. The third kappa shape index (κ3) is 7.97. The average Bonchev–Trinajstić information content (AvgIpc) is 2.78. The number of ether oxygens (including phenoxy) is 1. The number of Topliss-reactive ketones (excluding diaryl/α,β-unsaturated/α-hetero) is 2. The number of carbonyl (C=O) groups is 3. The third-order valence-corrected chi connectivity index (χ3v) is 5.26. The minimum atomic E-state index is -0.381. The molecule has 2 aromatic carbocycles. The molecular formula is C27H32O4. The van der Waals surface area contributed by atoms with Gasteiger partial charge in [0.05, 0.1) is 12.2 Å². The van der Waals surface area contributed by atoms with Gasteiger partial charge in [0.1, 0.15) is 0 Å². The molecule has 0 unspecified atom stereocenters. The summed E-state index contributed by atoms with van der Waals surface area (Å²) in [5.74, 6) is -0.218. The zero-order chi connectivity index (χ0) is 22.6. The molecule has 2 aromatic rings. The summed E-state index contributed by atoms with van der Waals surface area (Å²) in [7, 11) is 0. The zero-order valence-electron chi connectivity index (χ0n) is 18.6. The predicted molar refractivity (Wildman–Crippen MR) is 125 cm³/mol. The largest absolute Gasteiger partial charge is 0.462 e. The summed E-state index contributed by atoms with van der Waals surface area (Å²) >= 11 is 0. The maximum absolute atomic E-state index is 12.2. The van der Waals surface area contributed by atoms with Gasteiger partial charge in [0, 0.05) is 17.5 Å². The molecule has 0 saturated carbocycles. The van der Waals surface area contributed by atoms with Crippen LogP contribution in [0.1, 0.15) is 95.4 Å². The first-order valence-corrected chi connectivity index (χ1v) is 11.0. The lowest BCUT2D eigenvalue weighted by atomic mass is 9.98. The number of rotatable bonds is 13. The van der Waals surface area contributed by atoms with Crippen LogP contribution in [0, 0.1) is 0 Å². The van der Waals surface area contributed by atoms with Crippen LogP contribution in [0.2, 0.25) is 0 Å². The Kier molecular flexibility index (Phi) is 9.89. The Hall–Kier alpha value is -3.01. The molecule has 0 aliphatic carbocycles. The van der Waals surface area contributed by atoms with E-state index in [9.17, 15) is 14.4 Å². The third-order valence-electron chi connectivity index (χ3n) is 5.26. The van der Waals surface area contributed by atoms with E-state index in [1.54, 1.807) is 24.3 Å².